The Balaban J connectivity index is 1.70. The van der Waals surface area contributed by atoms with Gasteiger partial charge in [0, 0.05) is 11.9 Å². The number of rotatable bonds is 6. The topological polar surface area (TPSA) is 63.0 Å². The van der Waals surface area contributed by atoms with Gasteiger partial charge in [-0.15, -0.1) is 0 Å². The molecule has 0 fully saturated rings. The van der Waals surface area contributed by atoms with Gasteiger partial charge in [0.1, 0.15) is 11.6 Å². The van der Waals surface area contributed by atoms with Crippen molar-refractivity contribution in [1.29, 1.82) is 0 Å². The lowest BCUT2D eigenvalue weighted by molar-refractivity contribution is 0.518. The van der Waals surface area contributed by atoms with Crippen LogP contribution in [0.3, 0.4) is 0 Å². The van der Waals surface area contributed by atoms with Crippen molar-refractivity contribution in [3.8, 4) is 0 Å². The van der Waals surface area contributed by atoms with Crippen LogP contribution in [0.4, 0.5) is 17.5 Å². The van der Waals surface area contributed by atoms with Gasteiger partial charge in [-0.1, -0.05) is 25.1 Å². The van der Waals surface area contributed by atoms with Crippen molar-refractivity contribution < 1.29 is 4.42 Å². The molecule has 2 heterocycles. The Hall–Kier alpha value is -2.82. The SMILES string of the molecule is CCc1ccccc1Nc1nccc(NCc2ccco2)n1. The number of para-hydroxylation sites is 1. The third-order valence-electron chi connectivity index (χ3n) is 3.32. The van der Waals surface area contributed by atoms with E-state index in [9.17, 15) is 0 Å². The number of anilines is 3. The number of hydrogen-bond donors (Lipinski definition) is 2. The minimum atomic E-state index is 0.574. The summed E-state index contributed by atoms with van der Waals surface area (Å²) in [7, 11) is 0. The van der Waals surface area contributed by atoms with E-state index in [-0.39, 0.29) is 0 Å². The van der Waals surface area contributed by atoms with E-state index in [0.717, 1.165) is 23.7 Å². The quantitative estimate of drug-likeness (QED) is 0.719. The van der Waals surface area contributed by atoms with Crippen LogP contribution in [0.25, 0.3) is 0 Å². The molecule has 5 heteroatoms. The molecule has 0 aliphatic rings. The lowest BCUT2D eigenvalue weighted by Crippen LogP contribution is -2.04. The Morgan fingerprint density at radius 3 is 2.82 bits per heavy atom. The molecule has 0 bridgehead atoms. The van der Waals surface area contributed by atoms with Crippen LogP contribution in [0.1, 0.15) is 18.2 Å². The van der Waals surface area contributed by atoms with Crippen LogP contribution in [0, 0.1) is 0 Å². The molecule has 0 atom stereocenters. The van der Waals surface area contributed by atoms with Gasteiger partial charge in [-0.05, 0) is 36.2 Å². The second kappa shape index (κ2) is 6.76. The van der Waals surface area contributed by atoms with E-state index in [4.69, 9.17) is 4.42 Å². The fourth-order valence-corrected chi connectivity index (χ4v) is 2.18. The summed E-state index contributed by atoms with van der Waals surface area (Å²) >= 11 is 0. The van der Waals surface area contributed by atoms with Crippen LogP contribution in [-0.2, 0) is 13.0 Å². The molecule has 2 N–H and O–H groups in total. The van der Waals surface area contributed by atoms with Crippen molar-refractivity contribution in [1.82, 2.24) is 9.97 Å². The van der Waals surface area contributed by atoms with Gasteiger partial charge in [0.25, 0.3) is 0 Å². The molecule has 112 valence electrons. The first kappa shape index (κ1) is 14.1. The smallest absolute Gasteiger partial charge is 0.229 e. The molecular formula is C17H18N4O. The molecular weight excluding hydrogens is 276 g/mol. The van der Waals surface area contributed by atoms with Gasteiger partial charge in [-0.3, -0.25) is 0 Å². The first-order chi connectivity index (χ1) is 10.8. The number of hydrogen-bond acceptors (Lipinski definition) is 5. The number of aryl methyl sites for hydroxylation is 1. The summed E-state index contributed by atoms with van der Waals surface area (Å²) in [6.07, 6.45) is 4.35. The average molecular weight is 294 g/mol. The predicted octanol–water partition coefficient (Wildman–Crippen LogP) is 3.99. The highest BCUT2D eigenvalue weighted by atomic mass is 16.3. The van der Waals surface area contributed by atoms with Crippen LogP contribution < -0.4 is 10.6 Å². The summed E-state index contributed by atoms with van der Waals surface area (Å²) in [6, 6.07) is 13.8. The fraction of sp³-hybridized carbons (Fsp3) is 0.176. The second-order valence-corrected chi connectivity index (χ2v) is 4.83. The van der Waals surface area contributed by atoms with E-state index in [1.54, 1.807) is 12.5 Å². The zero-order valence-corrected chi connectivity index (χ0v) is 12.4. The maximum atomic E-state index is 5.29. The minimum absolute atomic E-state index is 0.574. The van der Waals surface area contributed by atoms with Crippen molar-refractivity contribution in [2.75, 3.05) is 10.6 Å². The molecule has 0 unspecified atom stereocenters. The van der Waals surface area contributed by atoms with E-state index in [1.165, 1.54) is 5.56 Å². The number of aromatic nitrogens is 2. The third-order valence-corrected chi connectivity index (χ3v) is 3.32. The third kappa shape index (κ3) is 3.44. The van der Waals surface area contributed by atoms with E-state index < -0.39 is 0 Å². The van der Waals surface area contributed by atoms with Crippen LogP contribution in [0.5, 0.6) is 0 Å². The van der Waals surface area contributed by atoms with Crippen molar-refractivity contribution in [2.24, 2.45) is 0 Å². The number of nitrogens with zero attached hydrogens (tertiary/aromatic N) is 2. The molecule has 0 aliphatic carbocycles. The summed E-state index contributed by atoms with van der Waals surface area (Å²) in [6.45, 7) is 2.72. The first-order valence-electron chi connectivity index (χ1n) is 7.29. The summed E-state index contributed by atoms with van der Waals surface area (Å²) in [4.78, 5) is 8.74. The van der Waals surface area contributed by atoms with Gasteiger partial charge in [0.2, 0.25) is 5.95 Å². The maximum absolute atomic E-state index is 5.29. The maximum Gasteiger partial charge on any atom is 0.229 e. The Kier molecular flexibility index (Phi) is 4.34. The minimum Gasteiger partial charge on any atom is -0.467 e. The van der Waals surface area contributed by atoms with Crippen molar-refractivity contribution >= 4 is 17.5 Å². The van der Waals surface area contributed by atoms with E-state index in [0.29, 0.717) is 12.5 Å². The molecule has 0 radical (unpaired) electrons. The van der Waals surface area contributed by atoms with Crippen molar-refractivity contribution in [3.05, 3.63) is 66.2 Å². The number of nitrogens with one attached hydrogen (secondary N) is 2. The van der Waals surface area contributed by atoms with E-state index >= 15 is 0 Å². The van der Waals surface area contributed by atoms with Gasteiger partial charge in [-0.25, -0.2) is 4.98 Å². The number of benzene rings is 1. The highest BCUT2D eigenvalue weighted by Gasteiger charge is 2.04. The summed E-state index contributed by atoms with van der Waals surface area (Å²) in [5, 5.41) is 6.49. The highest BCUT2D eigenvalue weighted by molar-refractivity contribution is 5.59. The molecule has 3 aromatic rings. The highest BCUT2D eigenvalue weighted by Crippen LogP contribution is 2.19. The summed E-state index contributed by atoms with van der Waals surface area (Å²) in [5.41, 5.74) is 2.27. The Morgan fingerprint density at radius 1 is 1.09 bits per heavy atom. The standard InChI is InChI=1S/C17H18N4O/c1-2-13-6-3-4-8-15(13)20-17-18-10-9-16(21-17)19-12-14-7-5-11-22-14/h3-11H,2,12H2,1H3,(H2,18,19,20,21). The lowest BCUT2D eigenvalue weighted by atomic mass is 10.1. The average Bonchev–Trinajstić information content (AvgIpc) is 3.07. The van der Waals surface area contributed by atoms with Gasteiger partial charge in [0.15, 0.2) is 0 Å². The summed E-state index contributed by atoms with van der Waals surface area (Å²) in [5.74, 6) is 2.19. The zero-order valence-electron chi connectivity index (χ0n) is 12.4. The van der Waals surface area contributed by atoms with E-state index in [1.807, 2.05) is 36.4 Å². The molecule has 22 heavy (non-hydrogen) atoms. The molecule has 2 aromatic heterocycles. The van der Waals surface area contributed by atoms with Gasteiger partial charge in [-0.2, -0.15) is 4.98 Å². The molecule has 3 rings (SSSR count). The zero-order chi connectivity index (χ0) is 15.2. The van der Waals surface area contributed by atoms with Crippen LogP contribution >= 0.6 is 0 Å². The lowest BCUT2D eigenvalue weighted by Gasteiger charge is -2.10. The van der Waals surface area contributed by atoms with Crippen LogP contribution in [-0.4, -0.2) is 9.97 Å². The summed E-state index contributed by atoms with van der Waals surface area (Å²) < 4.78 is 5.29. The van der Waals surface area contributed by atoms with Gasteiger partial charge < -0.3 is 15.1 Å². The molecule has 0 saturated carbocycles. The Morgan fingerprint density at radius 2 is 2.00 bits per heavy atom. The van der Waals surface area contributed by atoms with Gasteiger partial charge >= 0.3 is 0 Å². The fourth-order valence-electron chi connectivity index (χ4n) is 2.18. The Bertz CT molecular complexity index is 725. The van der Waals surface area contributed by atoms with Crippen LogP contribution in [0.2, 0.25) is 0 Å². The second-order valence-electron chi connectivity index (χ2n) is 4.83. The first-order valence-corrected chi connectivity index (χ1v) is 7.29. The molecule has 0 spiro atoms. The molecule has 1 aromatic carbocycles. The molecule has 5 nitrogen and oxygen atoms in total. The largest absolute Gasteiger partial charge is 0.467 e. The van der Waals surface area contributed by atoms with Crippen LogP contribution in [0.15, 0.2) is 59.3 Å². The molecule has 0 saturated heterocycles. The molecule has 0 amide bonds. The normalized spacial score (nSPS) is 10.4. The Labute approximate surface area is 129 Å². The van der Waals surface area contributed by atoms with Crippen molar-refractivity contribution in [2.45, 2.75) is 19.9 Å². The van der Waals surface area contributed by atoms with E-state index in [2.05, 4.69) is 33.6 Å². The van der Waals surface area contributed by atoms with Crippen molar-refractivity contribution in [3.63, 3.8) is 0 Å². The molecule has 0 aliphatic heterocycles. The monoisotopic (exact) mass is 294 g/mol. The predicted molar refractivity (Wildman–Crippen MR) is 87.2 cm³/mol. The van der Waals surface area contributed by atoms with Gasteiger partial charge in [0.05, 0.1) is 12.8 Å². The number of furan rings is 1.